The van der Waals surface area contributed by atoms with Crippen molar-refractivity contribution in [3.63, 3.8) is 0 Å². The zero-order valence-electron chi connectivity index (χ0n) is 17.0. The second-order valence-corrected chi connectivity index (χ2v) is 7.50. The number of carbonyl (C=O) groups is 1. The molecule has 4 nitrogen and oxygen atoms in total. The molecule has 0 unspecified atom stereocenters. The van der Waals surface area contributed by atoms with E-state index in [1.807, 2.05) is 74.5 Å². The molecule has 150 valence electrons. The molecule has 0 aliphatic carbocycles. The fraction of sp³-hybridized carbons (Fsp3) is 0.240. The van der Waals surface area contributed by atoms with Crippen molar-refractivity contribution in [3.8, 4) is 5.75 Å². The number of carbonyl (C=O) groups excluding carboxylic acids is 1. The zero-order chi connectivity index (χ0) is 20.5. The Morgan fingerprint density at radius 1 is 0.862 bits per heavy atom. The molecule has 3 rings (SSSR count). The molecule has 0 fully saturated rings. The summed E-state index contributed by atoms with van der Waals surface area (Å²) in [5.41, 5.74) is 4.04. The maximum atomic E-state index is 12.0. The molecule has 0 heterocycles. The van der Waals surface area contributed by atoms with Crippen LogP contribution in [0.5, 0.6) is 5.75 Å². The smallest absolute Gasteiger partial charge is 0.224 e. The number of ether oxygens (including phenoxy) is 1. The molecule has 4 heteroatoms. The molecule has 3 aromatic carbocycles. The Kier molecular flexibility index (Phi) is 7.28. The van der Waals surface area contributed by atoms with Crippen LogP contribution in [0, 0.1) is 5.92 Å². The van der Waals surface area contributed by atoms with Crippen LogP contribution < -0.4 is 15.4 Å². The van der Waals surface area contributed by atoms with Gasteiger partial charge in [0.1, 0.15) is 12.4 Å². The third kappa shape index (κ3) is 7.00. The lowest BCUT2D eigenvalue weighted by Gasteiger charge is -2.12. The van der Waals surface area contributed by atoms with Gasteiger partial charge in [-0.1, -0.05) is 62.4 Å². The minimum Gasteiger partial charge on any atom is -0.489 e. The molecule has 0 aromatic heterocycles. The third-order valence-corrected chi connectivity index (χ3v) is 4.38. The first-order chi connectivity index (χ1) is 14.1. The summed E-state index contributed by atoms with van der Waals surface area (Å²) < 4.78 is 5.90. The number of rotatable bonds is 9. The Hall–Kier alpha value is -3.27. The van der Waals surface area contributed by atoms with Crippen LogP contribution in [0.25, 0.3) is 0 Å². The summed E-state index contributed by atoms with van der Waals surface area (Å²) in [6, 6.07) is 26.0. The van der Waals surface area contributed by atoms with E-state index in [0.29, 0.717) is 25.5 Å². The van der Waals surface area contributed by atoms with Gasteiger partial charge in [-0.15, -0.1) is 0 Å². The van der Waals surface area contributed by atoms with Crippen LogP contribution in [-0.4, -0.2) is 5.91 Å². The summed E-state index contributed by atoms with van der Waals surface area (Å²) in [5.74, 6) is 1.23. The summed E-state index contributed by atoms with van der Waals surface area (Å²) in [6.45, 7) is 5.30. The molecule has 29 heavy (non-hydrogen) atoms. The Balaban J connectivity index is 1.54. The van der Waals surface area contributed by atoms with Crippen LogP contribution in [0.4, 0.5) is 11.4 Å². The normalized spacial score (nSPS) is 10.6. The SMILES string of the molecule is CC(C)CC(=O)Nc1cccc(NCc2cccc(OCc3ccccc3)c2)c1. The minimum absolute atomic E-state index is 0.0421. The van der Waals surface area contributed by atoms with Crippen molar-refractivity contribution >= 4 is 17.3 Å². The van der Waals surface area contributed by atoms with E-state index in [2.05, 4.69) is 28.8 Å². The Morgan fingerprint density at radius 2 is 1.59 bits per heavy atom. The number of hydrogen-bond acceptors (Lipinski definition) is 3. The second kappa shape index (κ2) is 10.3. The molecule has 0 spiro atoms. The standard InChI is InChI=1S/C25H28N2O2/c1-19(2)14-25(28)27-23-12-7-11-22(16-23)26-17-21-10-6-13-24(15-21)29-18-20-8-4-3-5-9-20/h3-13,15-16,19,26H,14,17-18H2,1-2H3,(H,27,28). The molecule has 0 saturated carbocycles. The van der Waals surface area contributed by atoms with E-state index in [1.165, 1.54) is 0 Å². The lowest BCUT2D eigenvalue weighted by molar-refractivity contribution is -0.116. The number of anilines is 2. The second-order valence-electron chi connectivity index (χ2n) is 7.50. The average molecular weight is 389 g/mol. The zero-order valence-corrected chi connectivity index (χ0v) is 17.0. The Labute approximate surface area is 172 Å². The average Bonchev–Trinajstić information content (AvgIpc) is 2.71. The number of amides is 1. The molecule has 0 saturated heterocycles. The number of benzene rings is 3. The van der Waals surface area contributed by atoms with E-state index in [1.54, 1.807) is 0 Å². The first-order valence-electron chi connectivity index (χ1n) is 9.98. The van der Waals surface area contributed by atoms with E-state index in [4.69, 9.17) is 4.74 Å². The molecule has 0 radical (unpaired) electrons. The Bertz CT molecular complexity index is 923. The Morgan fingerprint density at radius 3 is 2.38 bits per heavy atom. The largest absolute Gasteiger partial charge is 0.489 e. The van der Waals surface area contributed by atoms with Crippen molar-refractivity contribution in [2.75, 3.05) is 10.6 Å². The fourth-order valence-corrected chi connectivity index (χ4v) is 2.98. The predicted octanol–water partition coefficient (Wildman–Crippen LogP) is 5.86. The molecule has 0 aliphatic rings. The molecular weight excluding hydrogens is 360 g/mol. The maximum Gasteiger partial charge on any atom is 0.224 e. The predicted molar refractivity (Wildman–Crippen MR) is 119 cm³/mol. The first-order valence-corrected chi connectivity index (χ1v) is 9.98. The van der Waals surface area contributed by atoms with Crippen LogP contribution >= 0.6 is 0 Å². The number of hydrogen-bond donors (Lipinski definition) is 2. The highest BCUT2D eigenvalue weighted by Crippen LogP contribution is 2.19. The van der Waals surface area contributed by atoms with Crippen LogP contribution in [-0.2, 0) is 17.9 Å². The molecule has 0 atom stereocenters. The lowest BCUT2D eigenvalue weighted by atomic mass is 10.1. The van der Waals surface area contributed by atoms with Gasteiger partial charge in [-0.2, -0.15) is 0 Å². The van der Waals surface area contributed by atoms with Gasteiger partial charge in [0.25, 0.3) is 0 Å². The summed E-state index contributed by atoms with van der Waals surface area (Å²) in [6.07, 6.45) is 0.521. The summed E-state index contributed by atoms with van der Waals surface area (Å²) >= 11 is 0. The van der Waals surface area contributed by atoms with Crippen LogP contribution in [0.2, 0.25) is 0 Å². The van der Waals surface area contributed by atoms with Crippen molar-refractivity contribution in [1.82, 2.24) is 0 Å². The molecule has 1 amide bonds. The highest BCUT2D eigenvalue weighted by Gasteiger charge is 2.06. The first kappa shape index (κ1) is 20.5. The maximum absolute atomic E-state index is 12.0. The molecular formula is C25H28N2O2. The van der Waals surface area contributed by atoms with E-state index in [0.717, 1.165) is 28.3 Å². The van der Waals surface area contributed by atoms with Crippen molar-refractivity contribution in [2.24, 2.45) is 5.92 Å². The van der Waals surface area contributed by atoms with Gasteiger partial charge in [0, 0.05) is 24.3 Å². The molecule has 2 N–H and O–H groups in total. The lowest BCUT2D eigenvalue weighted by Crippen LogP contribution is -2.13. The quantitative estimate of drug-likeness (QED) is 0.482. The topological polar surface area (TPSA) is 50.4 Å². The minimum atomic E-state index is 0.0421. The van der Waals surface area contributed by atoms with Crippen LogP contribution in [0.15, 0.2) is 78.9 Å². The van der Waals surface area contributed by atoms with Gasteiger partial charge in [0.15, 0.2) is 0 Å². The summed E-state index contributed by atoms with van der Waals surface area (Å²) in [7, 11) is 0. The van der Waals surface area contributed by atoms with Crippen molar-refractivity contribution in [1.29, 1.82) is 0 Å². The third-order valence-electron chi connectivity index (χ3n) is 4.38. The van der Waals surface area contributed by atoms with Crippen LogP contribution in [0.1, 0.15) is 31.4 Å². The van der Waals surface area contributed by atoms with E-state index >= 15 is 0 Å². The molecule has 0 bridgehead atoms. The molecule has 3 aromatic rings. The van der Waals surface area contributed by atoms with E-state index in [-0.39, 0.29) is 5.91 Å². The highest BCUT2D eigenvalue weighted by atomic mass is 16.5. The van der Waals surface area contributed by atoms with E-state index in [9.17, 15) is 4.79 Å². The van der Waals surface area contributed by atoms with Gasteiger partial charge in [-0.3, -0.25) is 4.79 Å². The van der Waals surface area contributed by atoms with Gasteiger partial charge >= 0.3 is 0 Å². The highest BCUT2D eigenvalue weighted by molar-refractivity contribution is 5.91. The summed E-state index contributed by atoms with van der Waals surface area (Å²) in [4.78, 5) is 12.0. The van der Waals surface area contributed by atoms with Crippen molar-refractivity contribution in [3.05, 3.63) is 90.0 Å². The van der Waals surface area contributed by atoms with Crippen molar-refractivity contribution < 1.29 is 9.53 Å². The van der Waals surface area contributed by atoms with Crippen LogP contribution in [0.3, 0.4) is 0 Å². The monoisotopic (exact) mass is 388 g/mol. The number of nitrogens with one attached hydrogen (secondary N) is 2. The molecule has 0 aliphatic heterocycles. The fourth-order valence-electron chi connectivity index (χ4n) is 2.98. The van der Waals surface area contributed by atoms with Gasteiger partial charge in [0.05, 0.1) is 0 Å². The van der Waals surface area contributed by atoms with Gasteiger partial charge in [0.2, 0.25) is 5.91 Å². The van der Waals surface area contributed by atoms with E-state index < -0.39 is 0 Å². The van der Waals surface area contributed by atoms with Gasteiger partial charge < -0.3 is 15.4 Å². The summed E-state index contributed by atoms with van der Waals surface area (Å²) in [5, 5.41) is 6.36. The van der Waals surface area contributed by atoms with Gasteiger partial charge in [-0.25, -0.2) is 0 Å². The van der Waals surface area contributed by atoms with Crippen molar-refractivity contribution in [2.45, 2.75) is 33.4 Å². The van der Waals surface area contributed by atoms with Gasteiger partial charge in [-0.05, 0) is 47.4 Å².